The van der Waals surface area contributed by atoms with Gasteiger partial charge in [0, 0.05) is 45.3 Å². The summed E-state index contributed by atoms with van der Waals surface area (Å²) in [5.41, 5.74) is 1.24. The van der Waals surface area contributed by atoms with Gasteiger partial charge in [-0.15, -0.1) is 24.0 Å². The molecule has 6 heteroatoms. The van der Waals surface area contributed by atoms with E-state index in [1.165, 1.54) is 5.56 Å². The molecule has 1 fully saturated rings. The lowest BCUT2D eigenvalue weighted by Crippen LogP contribution is -2.40. The van der Waals surface area contributed by atoms with Gasteiger partial charge in [0.15, 0.2) is 5.96 Å². The van der Waals surface area contributed by atoms with E-state index in [1.54, 1.807) is 0 Å². The van der Waals surface area contributed by atoms with E-state index in [1.807, 2.05) is 6.07 Å². The number of hydrogen-bond acceptors (Lipinski definition) is 3. The van der Waals surface area contributed by atoms with Crippen LogP contribution in [0.4, 0.5) is 0 Å². The Kier molecular flexibility index (Phi) is 13.5. The van der Waals surface area contributed by atoms with Crippen LogP contribution in [0.25, 0.3) is 0 Å². The van der Waals surface area contributed by atoms with Crippen LogP contribution in [0, 0.1) is 11.8 Å². The second-order valence-corrected chi connectivity index (χ2v) is 7.66. The van der Waals surface area contributed by atoms with Crippen molar-refractivity contribution in [2.75, 3.05) is 46.0 Å². The van der Waals surface area contributed by atoms with Gasteiger partial charge in [0.2, 0.25) is 0 Å². The van der Waals surface area contributed by atoms with E-state index in [0.717, 1.165) is 64.8 Å². The summed E-state index contributed by atoms with van der Waals surface area (Å²) in [6, 6.07) is 10.4. The highest BCUT2D eigenvalue weighted by atomic mass is 127. The van der Waals surface area contributed by atoms with Crippen LogP contribution in [0.2, 0.25) is 0 Å². The van der Waals surface area contributed by atoms with E-state index in [9.17, 15) is 0 Å². The number of rotatable bonds is 11. The van der Waals surface area contributed by atoms with Gasteiger partial charge in [-0.2, -0.15) is 0 Å². The molecule has 1 aromatic carbocycles. The van der Waals surface area contributed by atoms with E-state index < -0.39 is 0 Å². The van der Waals surface area contributed by atoms with Gasteiger partial charge in [-0.05, 0) is 31.2 Å². The van der Waals surface area contributed by atoms with Gasteiger partial charge in [-0.25, -0.2) is 0 Å². The molecule has 1 aliphatic heterocycles. The summed E-state index contributed by atoms with van der Waals surface area (Å²) in [5, 5.41) is 3.43. The molecule has 1 aliphatic rings. The highest BCUT2D eigenvalue weighted by Crippen LogP contribution is 2.17. The number of benzene rings is 1. The first-order chi connectivity index (χ1) is 13.2. The molecule has 1 unspecified atom stereocenters. The quantitative estimate of drug-likeness (QED) is 0.213. The summed E-state index contributed by atoms with van der Waals surface area (Å²) in [5.74, 6) is 2.20. The van der Waals surface area contributed by atoms with Crippen molar-refractivity contribution < 1.29 is 9.47 Å². The number of guanidine groups is 1. The maximum atomic E-state index is 5.93. The third kappa shape index (κ3) is 10.1. The lowest BCUT2D eigenvalue weighted by atomic mass is 10.1. The van der Waals surface area contributed by atoms with Crippen LogP contribution in [0.1, 0.15) is 39.2 Å². The van der Waals surface area contributed by atoms with Gasteiger partial charge < -0.3 is 19.7 Å². The predicted molar refractivity (Wildman–Crippen MR) is 127 cm³/mol. The number of hydrogen-bond donors (Lipinski definition) is 1. The molecular formula is C22H38IN3O2. The number of likely N-dealkylation sites (tertiary alicyclic amines) is 1. The summed E-state index contributed by atoms with van der Waals surface area (Å²) in [6.45, 7) is 13.4. The molecule has 1 atom stereocenters. The molecule has 1 saturated heterocycles. The predicted octanol–water partition coefficient (Wildman–Crippen LogP) is 4.17. The van der Waals surface area contributed by atoms with Crippen LogP contribution >= 0.6 is 24.0 Å². The van der Waals surface area contributed by atoms with Crippen LogP contribution < -0.4 is 5.32 Å². The summed E-state index contributed by atoms with van der Waals surface area (Å²) in [4.78, 5) is 7.16. The monoisotopic (exact) mass is 503 g/mol. The highest BCUT2D eigenvalue weighted by Gasteiger charge is 2.24. The van der Waals surface area contributed by atoms with Crippen molar-refractivity contribution in [1.82, 2.24) is 10.2 Å². The van der Waals surface area contributed by atoms with Crippen molar-refractivity contribution in [1.29, 1.82) is 0 Å². The average Bonchev–Trinajstić information content (AvgIpc) is 3.13. The first-order valence-electron chi connectivity index (χ1n) is 10.4. The molecule has 1 N–H and O–H groups in total. The SMILES string of the molecule is CCNC(=NCCCOCC(C)C)N1CCC(COCc2ccccc2)C1.I. The average molecular weight is 503 g/mol. The summed E-state index contributed by atoms with van der Waals surface area (Å²) < 4.78 is 11.6. The Labute approximate surface area is 188 Å². The third-order valence-corrected chi connectivity index (χ3v) is 4.54. The van der Waals surface area contributed by atoms with E-state index in [4.69, 9.17) is 14.5 Å². The lowest BCUT2D eigenvalue weighted by Gasteiger charge is -2.21. The normalized spacial score (nSPS) is 17.1. The minimum Gasteiger partial charge on any atom is -0.381 e. The molecule has 0 aliphatic carbocycles. The van der Waals surface area contributed by atoms with Crippen LogP contribution in [0.5, 0.6) is 0 Å². The molecular weight excluding hydrogens is 465 g/mol. The number of nitrogens with one attached hydrogen (secondary N) is 1. The maximum Gasteiger partial charge on any atom is 0.193 e. The smallest absolute Gasteiger partial charge is 0.193 e. The topological polar surface area (TPSA) is 46.1 Å². The Morgan fingerprint density at radius 2 is 2.04 bits per heavy atom. The fourth-order valence-corrected chi connectivity index (χ4v) is 3.18. The molecule has 0 amide bonds. The van der Waals surface area contributed by atoms with Crippen molar-refractivity contribution in [3.8, 4) is 0 Å². The standard InChI is InChI=1S/C22H37N3O2.HI/c1-4-23-22(24-12-8-14-26-16-19(2)3)25-13-11-21(15-25)18-27-17-20-9-6-5-7-10-20;/h5-7,9-10,19,21H,4,8,11-18H2,1-3H3,(H,23,24);1H. The zero-order valence-corrected chi connectivity index (χ0v) is 20.1. The minimum atomic E-state index is 0. The fourth-order valence-electron chi connectivity index (χ4n) is 3.18. The van der Waals surface area contributed by atoms with Gasteiger partial charge in [-0.3, -0.25) is 4.99 Å². The van der Waals surface area contributed by atoms with Gasteiger partial charge in [0.1, 0.15) is 0 Å². The molecule has 28 heavy (non-hydrogen) atoms. The van der Waals surface area contributed by atoms with Crippen LogP contribution in [0.15, 0.2) is 35.3 Å². The molecule has 160 valence electrons. The molecule has 1 heterocycles. The minimum absolute atomic E-state index is 0. The molecule has 0 spiro atoms. The van der Waals surface area contributed by atoms with Crippen LogP contribution in [-0.2, 0) is 16.1 Å². The molecule has 0 bridgehead atoms. The van der Waals surface area contributed by atoms with Crippen molar-refractivity contribution in [2.45, 2.75) is 40.2 Å². The van der Waals surface area contributed by atoms with Crippen LogP contribution in [0.3, 0.4) is 0 Å². The Morgan fingerprint density at radius 1 is 1.25 bits per heavy atom. The second kappa shape index (κ2) is 15.0. The zero-order valence-electron chi connectivity index (χ0n) is 17.7. The van der Waals surface area contributed by atoms with Crippen molar-refractivity contribution in [3.63, 3.8) is 0 Å². The third-order valence-electron chi connectivity index (χ3n) is 4.54. The molecule has 5 nitrogen and oxygen atoms in total. The molecule has 1 aromatic rings. The number of ether oxygens (including phenoxy) is 2. The number of aliphatic imine (C=N–C) groups is 1. The van der Waals surface area contributed by atoms with Gasteiger partial charge in [-0.1, -0.05) is 44.2 Å². The summed E-state index contributed by atoms with van der Waals surface area (Å²) in [6.07, 6.45) is 2.13. The molecule has 0 aromatic heterocycles. The second-order valence-electron chi connectivity index (χ2n) is 7.66. The largest absolute Gasteiger partial charge is 0.381 e. The fraction of sp³-hybridized carbons (Fsp3) is 0.682. The van der Waals surface area contributed by atoms with Gasteiger partial charge >= 0.3 is 0 Å². The Balaban J connectivity index is 0.00000392. The van der Waals surface area contributed by atoms with Crippen LogP contribution in [-0.4, -0.2) is 56.9 Å². The first-order valence-corrected chi connectivity index (χ1v) is 10.4. The molecule has 0 radical (unpaired) electrons. The maximum absolute atomic E-state index is 5.93. The Hall–Kier alpha value is -0.860. The Bertz CT molecular complexity index is 540. The zero-order chi connectivity index (χ0) is 19.3. The molecule has 0 saturated carbocycles. The number of nitrogens with zero attached hydrogens (tertiary/aromatic N) is 2. The van der Waals surface area contributed by atoms with Crippen molar-refractivity contribution in [3.05, 3.63) is 35.9 Å². The first kappa shape index (κ1) is 25.2. The van der Waals surface area contributed by atoms with E-state index >= 15 is 0 Å². The lowest BCUT2D eigenvalue weighted by molar-refractivity contribution is 0.0906. The van der Waals surface area contributed by atoms with E-state index in [0.29, 0.717) is 18.4 Å². The summed E-state index contributed by atoms with van der Waals surface area (Å²) >= 11 is 0. The Morgan fingerprint density at radius 3 is 2.75 bits per heavy atom. The highest BCUT2D eigenvalue weighted by molar-refractivity contribution is 14.0. The van der Waals surface area contributed by atoms with Crippen molar-refractivity contribution in [2.24, 2.45) is 16.8 Å². The van der Waals surface area contributed by atoms with Gasteiger partial charge in [0.05, 0.1) is 13.2 Å². The van der Waals surface area contributed by atoms with E-state index in [2.05, 4.69) is 55.3 Å². The van der Waals surface area contributed by atoms with Crippen molar-refractivity contribution >= 4 is 29.9 Å². The molecule has 2 rings (SSSR count). The summed E-state index contributed by atoms with van der Waals surface area (Å²) in [7, 11) is 0. The number of halogens is 1. The van der Waals surface area contributed by atoms with Gasteiger partial charge in [0.25, 0.3) is 0 Å². The van der Waals surface area contributed by atoms with E-state index in [-0.39, 0.29) is 24.0 Å².